The molecular weight excluding hydrogens is 316 g/mol. The van der Waals surface area contributed by atoms with E-state index in [1.165, 1.54) is 109 Å². The average molecular weight is 369 g/mol. The Balaban J connectivity index is 3.57. The summed E-state index contributed by atoms with van der Waals surface area (Å²) in [5.41, 5.74) is 0. The van der Waals surface area contributed by atoms with Gasteiger partial charge in [0.25, 0.3) is 0 Å². The Morgan fingerprint density at radius 1 is 0.500 bits per heavy atom. The second kappa shape index (κ2) is 19.7. The van der Waals surface area contributed by atoms with Crippen molar-refractivity contribution in [3.63, 3.8) is 0 Å². The van der Waals surface area contributed by atoms with Gasteiger partial charge in [0, 0.05) is 6.61 Å². The molecule has 3 atom stereocenters. The lowest BCUT2D eigenvalue weighted by Crippen LogP contribution is -2.07. The average Bonchev–Trinajstić information content (AvgIpc) is 2.63. The molecule has 0 rings (SSSR count). The molecule has 1 N–H and O–H groups in total. The van der Waals surface area contributed by atoms with Gasteiger partial charge < -0.3 is 5.11 Å². The van der Waals surface area contributed by atoms with Crippen LogP contribution in [0.25, 0.3) is 0 Å². The molecule has 26 heavy (non-hydrogen) atoms. The minimum atomic E-state index is 0.400. The fourth-order valence-corrected chi connectivity index (χ4v) is 4.14. The van der Waals surface area contributed by atoms with Gasteiger partial charge in [-0.2, -0.15) is 0 Å². The van der Waals surface area contributed by atoms with Crippen LogP contribution in [0.1, 0.15) is 137 Å². The molecule has 0 saturated carbocycles. The minimum absolute atomic E-state index is 0.400. The summed E-state index contributed by atoms with van der Waals surface area (Å²) in [6.07, 6.45) is 23.2. The third kappa shape index (κ3) is 17.4. The van der Waals surface area contributed by atoms with E-state index in [0.29, 0.717) is 12.5 Å². The fraction of sp³-hybridized carbons (Fsp3) is 1.00. The normalized spacial score (nSPS) is 15.1. The lowest BCUT2D eigenvalue weighted by atomic mass is 9.90. The maximum Gasteiger partial charge on any atom is 0.0459 e. The Bertz CT molecular complexity index is 263. The van der Waals surface area contributed by atoms with Crippen LogP contribution in [0, 0.1) is 17.8 Å². The van der Waals surface area contributed by atoms with Crippen molar-refractivity contribution in [1.82, 2.24) is 0 Å². The van der Waals surface area contributed by atoms with E-state index >= 15 is 0 Å². The molecule has 0 aromatic carbocycles. The van der Waals surface area contributed by atoms with Gasteiger partial charge in [0.15, 0.2) is 0 Å². The minimum Gasteiger partial charge on any atom is -0.396 e. The number of aliphatic hydroxyl groups excluding tert-OH is 1. The SMILES string of the molecule is CCCCCCCC(C)CCCCC(CO)CCCC(C)CCCCC. The van der Waals surface area contributed by atoms with Gasteiger partial charge in [-0.25, -0.2) is 0 Å². The molecule has 0 aliphatic heterocycles. The molecule has 0 aliphatic carbocycles. The zero-order chi connectivity index (χ0) is 19.5. The highest BCUT2D eigenvalue weighted by atomic mass is 16.3. The third-order valence-corrected chi connectivity index (χ3v) is 6.23. The molecule has 0 aromatic heterocycles. The number of rotatable bonds is 20. The second-order valence-electron chi connectivity index (χ2n) is 9.17. The molecule has 0 aromatic rings. The van der Waals surface area contributed by atoms with Crippen molar-refractivity contribution < 1.29 is 5.11 Å². The van der Waals surface area contributed by atoms with E-state index in [-0.39, 0.29) is 0 Å². The van der Waals surface area contributed by atoms with Crippen molar-refractivity contribution in [3.8, 4) is 0 Å². The van der Waals surface area contributed by atoms with Crippen LogP contribution >= 0.6 is 0 Å². The van der Waals surface area contributed by atoms with E-state index < -0.39 is 0 Å². The van der Waals surface area contributed by atoms with Crippen molar-refractivity contribution in [2.45, 2.75) is 137 Å². The highest BCUT2D eigenvalue weighted by molar-refractivity contribution is 4.62. The molecule has 3 unspecified atom stereocenters. The maximum atomic E-state index is 9.66. The molecule has 1 nitrogen and oxygen atoms in total. The molecule has 0 radical (unpaired) electrons. The fourth-order valence-electron chi connectivity index (χ4n) is 4.14. The van der Waals surface area contributed by atoms with E-state index in [0.717, 1.165) is 11.8 Å². The van der Waals surface area contributed by atoms with Crippen molar-refractivity contribution in [2.75, 3.05) is 6.61 Å². The molecule has 0 aliphatic rings. The smallest absolute Gasteiger partial charge is 0.0459 e. The second-order valence-corrected chi connectivity index (χ2v) is 9.17. The monoisotopic (exact) mass is 368 g/mol. The van der Waals surface area contributed by atoms with Crippen LogP contribution in [0.4, 0.5) is 0 Å². The first-order chi connectivity index (χ1) is 12.6. The summed E-state index contributed by atoms with van der Waals surface area (Å²) in [7, 11) is 0. The number of aliphatic hydroxyl groups is 1. The summed E-state index contributed by atoms with van der Waals surface area (Å²) in [5, 5.41) is 9.66. The first-order valence-corrected chi connectivity index (χ1v) is 12.2. The highest BCUT2D eigenvalue weighted by Crippen LogP contribution is 2.23. The van der Waals surface area contributed by atoms with Gasteiger partial charge in [0.2, 0.25) is 0 Å². The predicted octanol–water partition coefficient (Wildman–Crippen LogP) is 8.54. The molecule has 0 saturated heterocycles. The van der Waals surface area contributed by atoms with Gasteiger partial charge in [0.05, 0.1) is 0 Å². The van der Waals surface area contributed by atoms with Crippen LogP contribution in [0.15, 0.2) is 0 Å². The zero-order valence-electron chi connectivity index (χ0n) is 18.9. The molecule has 0 fully saturated rings. The molecular formula is C25H52O. The molecule has 0 amide bonds. The molecule has 0 bridgehead atoms. The van der Waals surface area contributed by atoms with Gasteiger partial charge in [-0.1, -0.05) is 124 Å². The van der Waals surface area contributed by atoms with Gasteiger partial charge in [-0.3, -0.25) is 0 Å². The zero-order valence-corrected chi connectivity index (χ0v) is 18.9. The molecule has 1 heteroatoms. The summed E-state index contributed by atoms with van der Waals surface area (Å²) in [6.45, 7) is 9.81. The Labute approximate surface area is 166 Å². The van der Waals surface area contributed by atoms with Crippen LogP contribution < -0.4 is 0 Å². The molecule has 0 spiro atoms. The van der Waals surface area contributed by atoms with Gasteiger partial charge in [-0.05, 0) is 30.6 Å². The van der Waals surface area contributed by atoms with Crippen LogP contribution in [0.3, 0.4) is 0 Å². The van der Waals surface area contributed by atoms with Crippen molar-refractivity contribution >= 4 is 0 Å². The summed E-state index contributed by atoms with van der Waals surface area (Å²) in [4.78, 5) is 0. The van der Waals surface area contributed by atoms with Crippen molar-refractivity contribution in [3.05, 3.63) is 0 Å². The summed E-state index contributed by atoms with van der Waals surface area (Å²) < 4.78 is 0. The van der Waals surface area contributed by atoms with E-state index in [2.05, 4.69) is 27.7 Å². The molecule has 158 valence electrons. The Hall–Kier alpha value is -0.0400. The van der Waals surface area contributed by atoms with Crippen LogP contribution in [-0.2, 0) is 0 Å². The Morgan fingerprint density at radius 3 is 1.46 bits per heavy atom. The van der Waals surface area contributed by atoms with E-state index in [9.17, 15) is 5.11 Å². The van der Waals surface area contributed by atoms with Crippen LogP contribution in [0.2, 0.25) is 0 Å². The molecule has 0 heterocycles. The van der Waals surface area contributed by atoms with Gasteiger partial charge >= 0.3 is 0 Å². The van der Waals surface area contributed by atoms with Gasteiger partial charge in [0.1, 0.15) is 0 Å². The van der Waals surface area contributed by atoms with E-state index in [1.807, 2.05) is 0 Å². The Kier molecular flexibility index (Phi) is 19.7. The number of hydrogen-bond acceptors (Lipinski definition) is 1. The number of unbranched alkanes of at least 4 members (excludes halogenated alkanes) is 7. The lowest BCUT2D eigenvalue weighted by Gasteiger charge is -2.17. The highest BCUT2D eigenvalue weighted by Gasteiger charge is 2.10. The maximum absolute atomic E-state index is 9.66. The van der Waals surface area contributed by atoms with Crippen LogP contribution in [-0.4, -0.2) is 11.7 Å². The Morgan fingerprint density at radius 2 is 0.885 bits per heavy atom. The quantitative estimate of drug-likeness (QED) is 0.213. The first-order valence-electron chi connectivity index (χ1n) is 12.2. The standard InChI is InChI=1S/C25H52O/c1-5-7-9-10-12-17-23(3)18-13-14-20-25(22-26)21-15-19-24(4)16-11-8-6-2/h23-26H,5-22H2,1-4H3. The van der Waals surface area contributed by atoms with Crippen molar-refractivity contribution in [2.24, 2.45) is 17.8 Å². The number of hydrogen-bond donors (Lipinski definition) is 1. The summed E-state index contributed by atoms with van der Waals surface area (Å²) in [6, 6.07) is 0. The summed E-state index contributed by atoms with van der Waals surface area (Å²) >= 11 is 0. The van der Waals surface area contributed by atoms with E-state index in [1.54, 1.807) is 0 Å². The predicted molar refractivity (Wildman–Crippen MR) is 119 cm³/mol. The first kappa shape index (κ1) is 26.0. The third-order valence-electron chi connectivity index (χ3n) is 6.23. The van der Waals surface area contributed by atoms with Crippen LogP contribution in [0.5, 0.6) is 0 Å². The topological polar surface area (TPSA) is 20.2 Å². The summed E-state index contributed by atoms with van der Waals surface area (Å²) in [5.74, 6) is 2.33. The largest absolute Gasteiger partial charge is 0.396 e. The lowest BCUT2D eigenvalue weighted by molar-refractivity contribution is 0.201. The van der Waals surface area contributed by atoms with E-state index in [4.69, 9.17) is 0 Å². The van der Waals surface area contributed by atoms with Crippen molar-refractivity contribution in [1.29, 1.82) is 0 Å². The van der Waals surface area contributed by atoms with Gasteiger partial charge in [-0.15, -0.1) is 0 Å².